The summed E-state index contributed by atoms with van der Waals surface area (Å²) in [7, 11) is -0.783. The Morgan fingerprint density at radius 1 is 0.708 bits per heavy atom. The molecule has 10 N–H and O–H groups in total. The number of nitrogens with one attached hydrogen (secondary N) is 8. The number of sulfonamides is 1. The first kappa shape index (κ1) is 73.0. The van der Waals surface area contributed by atoms with Crippen LogP contribution in [-0.2, 0) is 77.4 Å². The number of anilines is 1. The van der Waals surface area contributed by atoms with Crippen molar-refractivity contribution in [3.63, 3.8) is 0 Å². The lowest BCUT2D eigenvalue weighted by atomic mass is 9.76. The van der Waals surface area contributed by atoms with E-state index in [0.29, 0.717) is 36.1 Å². The van der Waals surface area contributed by atoms with Crippen LogP contribution in [0.25, 0.3) is 0 Å². The lowest BCUT2D eigenvalue weighted by Gasteiger charge is -2.40. The van der Waals surface area contributed by atoms with E-state index in [2.05, 4.69) is 41.9 Å². The number of amides is 11. The fourth-order valence-electron chi connectivity index (χ4n) is 9.90. The number of carbonyl (C=O) groups excluding carboxylic acids is 10. The molecule has 3 aromatic rings. The molecule has 25 heteroatoms. The highest BCUT2D eigenvalue weighted by molar-refractivity contribution is 7.89. The van der Waals surface area contributed by atoms with Gasteiger partial charge in [0.25, 0.3) is 17.7 Å². The van der Waals surface area contributed by atoms with Gasteiger partial charge in [0.05, 0.1) is 17.8 Å². The van der Waals surface area contributed by atoms with Gasteiger partial charge in [-0.25, -0.2) is 22.7 Å². The van der Waals surface area contributed by atoms with Crippen molar-refractivity contribution in [2.45, 2.75) is 162 Å². The Balaban J connectivity index is 1.30. The number of unbranched alkanes of at least 4 members (excludes halogenated alkanes) is 2. The number of carbonyl (C=O) groups is 10. The first-order chi connectivity index (χ1) is 41.7. The van der Waals surface area contributed by atoms with Gasteiger partial charge in [0, 0.05) is 61.9 Å². The highest BCUT2D eigenvalue weighted by Gasteiger charge is 2.42. The maximum Gasteiger partial charge on any atom is 0.407 e. The number of benzene rings is 3. The molecule has 0 fully saturated rings. The number of alkyl carbamates (subject to hydrolysis) is 1. The molecule has 1 unspecified atom stereocenters. The van der Waals surface area contributed by atoms with E-state index >= 15 is 0 Å². The van der Waals surface area contributed by atoms with Crippen LogP contribution in [0.15, 0.2) is 103 Å². The highest BCUT2D eigenvalue weighted by atomic mass is 32.2. The monoisotopic (exact) mass is 1250 g/mol. The molecule has 4 rings (SSSR count). The smallest absolute Gasteiger partial charge is 0.407 e. The minimum absolute atomic E-state index is 0.0987. The van der Waals surface area contributed by atoms with Crippen molar-refractivity contribution in [2.75, 3.05) is 32.5 Å². The van der Waals surface area contributed by atoms with Crippen LogP contribution < -0.4 is 47.7 Å². The summed E-state index contributed by atoms with van der Waals surface area (Å²) in [6, 6.07) is 17.0. The van der Waals surface area contributed by atoms with E-state index in [4.69, 9.17) is 10.5 Å². The second kappa shape index (κ2) is 33.8. The van der Waals surface area contributed by atoms with Crippen LogP contribution in [0.4, 0.5) is 15.3 Å². The Kier molecular flexibility index (Phi) is 27.7. The van der Waals surface area contributed by atoms with Crippen LogP contribution in [0, 0.1) is 17.3 Å². The lowest BCUT2D eigenvalue weighted by Crippen LogP contribution is -2.61. The Bertz CT molecular complexity index is 3130. The van der Waals surface area contributed by atoms with Gasteiger partial charge in [-0.2, -0.15) is 0 Å². The zero-order valence-corrected chi connectivity index (χ0v) is 54.1. The van der Waals surface area contributed by atoms with Crippen LogP contribution in [0.2, 0.25) is 0 Å². The quantitative estimate of drug-likeness (QED) is 0.0218. The van der Waals surface area contributed by atoms with Gasteiger partial charge in [0.15, 0.2) is 0 Å². The number of nitrogens with two attached hydrogens (primary N) is 1. The number of hydrogen-bond donors (Lipinski definition) is 9. The second-order valence-electron chi connectivity index (χ2n) is 24.5. The summed E-state index contributed by atoms with van der Waals surface area (Å²) in [5.74, 6) is -4.88. The Labute approximate surface area is 523 Å². The number of urea groups is 1. The number of hydrogen-bond acceptors (Lipinski definition) is 14. The molecule has 1 aliphatic heterocycles. The normalized spacial score (nSPS) is 14.4. The van der Waals surface area contributed by atoms with Crippen molar-refractivity contribution in [2.24, 2.45) is 23.0 Å². The van der Waals surface area contributed by atoms with Gasteiger partial charge in [-0.1, -0.05) is 142 Å². The van der Waals surface area contributed by atoms with Crippen molar-refractivity contribution >= 4 is 75.1 Å². The molecule has 11 amide bonds. The Morgan fingerprint density at radius 2 is 1.33 bits per heavy atom. The van der Waals surface area contributed by atoms with Gasteiger partial charge in [-0.3, -0.25) is 43.3 Å². The maximum absolute atomic E-state index is 14.5. The maximum atomic E-state index is 14.5. The van der Waals surface area contributed by atoms with Gasteiger partial charge < -0.3 is 52.6 Å². The van der Waals surface area contributed by atoms with Gasteiger partial charge >= 0.3 is 12.1 Å². The number of ether oxygens (including phenoxy) is 1. The van der Waals surface area contributed by atoms with Gasteiger partial charge in [0.1, 0.15) is 24.7 Å². The number of nitrogens with zero attached hydrogens (tertiary/aromatic N) is 2. The predicted molar refractivity (Wildman–Crippen MR) is 338 cm³/mol. The summed E-state index contributed by atoms with van der Waals surface area (Å²) < 4.78 is 33.3. The summed E-state index contributed by atoms with van der Waals surface area (Å²) in [6.45, 7) is 18.4. The predicted octanol–water partition coefficient (Wildman–Crippen LogP) is 5.08. The summed E-state index contributed by atoms with van der Waals surface area (Å²) in [5.41, 5.74) is 6.72. The third-order valence-corrected chi connectivity index (χ3v) is 16.4. The van der Waals surface area contributed by atoms with Crippen molar-refractivity contribution in [1.82, 2.24) is 46.4 Å². The van der Waals surface area contributed by atoms with E-state index in [-0.39, 0.29) is 86.4 Å². The molecule has 89 heavy (non-hydrogen) atoms. The van der Waals surface area contributed by atoms with Gasteiger partial charge in [0.2, 0.25) is 39.6 Å². The molecule has 0 saturated carbocycles. The van der Waals surface area contributed by atoms with Crippen molar-refractivity contribution in [1.29, 1.82) is 0 Å². The van der Waals surface area contributed by atoms with E-state index in [1.165, 1.54) is 24.0 Å². The average Bonchev–Trinajstić information content (AvgIpc) is 3.28. The largest absolute Gasteiger partial charge is 0.445 e. The van der Waals surface area contributed by atoms with E-state index in [0.717, 1.165) is 16.0 Å². The summed E-state index contributed by atoms with van der Waals surface area (Å²) >= 11 is 0. The molecule has 0 spiro atoms. The first-order valence-corrected chi connectivity index (χ1v) is 31.5. The second-order valence-corrected chi connectivity index (χ2v) is 26.3. The summed E-state index contributed by atoms with van der Waals surface area (Å²) in [4.78, 5) is 133. The standard InChI is InChI=1S/C64H91N11O13S/c1-40(2)49(36-42(5)56(79)73-89(86,87)39-45-20-15-13-16-21-45)74(12)60(83)55(63(6,7)8)72-59(82)54(66-11)64(9,10)46-28-24-43(25-29-46)37-68-62(85)88-38-44-26-30-47(31-27-44)69-57(80)48(22-19-34-67-61(65)84)70-58(81)53(41(3)4)71-50(76)23-17-14-18-35-75-51(77)32-33-52(75)78/h13,15-16,20-21,24-33,36,40-41,48-49,53-55,66H,14,17-19,22-23,34-35,37-39H2,1-12H3,(H,68,85)(H,69,80)(H,70,81)(H,71,76)(H,72,82)(H,73,79)(H3,65,67,84)/b42-36+/t48-,49-,53?,54-,55-/m1/s1. The SMILES string of the molecule is CN[C@H](C(=O)N[C@H](C(=O)N(C)[C@H](/C=C(\C)C(=O)NS(=O)(=O)Cc1ccccc1)C(C)C)C(C)(C)C)C(C)(C)c1ccc(CNC(=O)OCc2ccc(NC(=O)[C@@H](CCCNC(N)=O)NC(=O)C(NC(=O)CCCCCN3C(=O)C=CC3=O)C(C)C)cc2)cc1. The topological polar surface area (TPSA) is 343 Å². The summed E-state index contributed by atoms with van der Waals surface area (Å²) in [6.07, 6.45) is 5.31. The van der Waals surface area contributed by atoms with E-state index < -0.39 is 92.7 Å². The van der Waals surface area contributed by atoms with E-state index in [9.17, 15) is 56.4 Å². The van der Waals surface area contributed by atoms with Crippen LogP contribution in [-0.4, -0.2) is 135 Å². The van der Waals surface area contributed by atoms with E-state index in [1.54, 1.807) is 88.6 Å². The number of imide groups is 1. The molecule has 1 heterocycles. The number of primary amides is 1. The third-order valence-electron chi connectivity index (χ3n) is 15.2. The van der Waals surface area contributed by atoms with Crippen molar-refractivity contribution in [3.05, 3.63) is 125 Å². The lowest BCUT2D eigenvalue weighted by molar-refractivity contribution is -0.141. The molecule has 0 saturated heterocycles. The molecule has 0 aromatic heterocycles. The number of rotatable bonds is 33. The highest BCUT2D eigenvalue weighted by Crippen LogP contribution is 2.30. The molecule has 5 atom stereocenters. The molecular weight excluding hydrogens is 1160 g/mol. The minimum Gasteiger partial charge on any atom is -0.445 e. The first-order valence-electron chi connectivity index (χ1n) is 29.8. The molecule has 0 radical (unpaired) electrons. The van der Waals surface area contributed by atoms with Crippen LogP contribution in [0.3, 0.4) is 0 Å². The molecule has 3 aromatic carbocycles. The number of likely N-dealkylation sites (N-methyl/N-ethyl adjacent to an activating group) is 2. The van der Waals surface area contributed by atoms with Gasteiger partial charge in [-0.15, -0.1) is 0 Å². The molecular formula is C64H91N11O13S. The Morgan fingerprint density at radius 3 is 1.90 bits per heavy atom. The zero-order valence-electron chi connectivity index (χ0n) is 53.2. The Hall–Kier alpha value is -8.45. The molecule has 24 nitrogen and oxygen atoms in total. The van der Waals surface area contributed by atoms with Crippen LogP contribution in [0.1, 0.15) is 130 Å². The summed E-state index contributed by atoms with van der Waals surface area (Å²) in [5, 5.41) is 19.6. The molecule has 1 aliphatic rings. The molecule has 486 valence electrons. The van der Waals surface area contributed by atoms with E-state index in [1.807, 2.05) is 72.7 Å². The fourth-order valence-corrected chi connectivity index (χ4v) is 11.0. The van der Waals surface area contributed by atoms with Gasteiger partial charge in [-0.05, 0) is 91.3 Å². The third kappa shape index (κ3) is 23.2. The van der Waals surface area contributed by atoms with Crippen molar-refractivity contribution in [3.8, 4) is 0 Å². The zero-order chi connectivity index (χ0) is 66.4. The average molecular weight is 1250 g/mol. The van der Waals surface area contributed by atoms with Crippen molar-refractivity contribution < 1.29 is 61.1 Å². The minimum atomic E-state index is -4.02. The van der Waals surface area contributed by atoms with Crippen LogP contribution >= 0.6 is 0 Å². The van der Waals surface area contributed by atoms with Crippen LogP contribution in [0.5, 0.6) is 0 Å². The molecule has 0 aliphatic carbocycles. The molecule has 0 bridgehead atoms. The fraction of sp³-hybridized carbons (Fsp3) is 0.500.